The van der Waals surface area contributed by atoms with E-state index in [0.29, 0.717) is 10.7 Å². The highest BCUT2D eigenvalue weighted by Crippen LogP contribution is 2.61. The van der Waals surface area contributed by atoms with Crippen LogP contribution in [0.2, 0.25) is 5.02 Å². The first-order chi connectivity index (χ1) is 18.3. The van der Waals surface area contributed by atoms with E-state index >= 15 is 0 Å². The summed E-state index contributed by atoms with van der Waals surface area (Å²) in [5.41, 5.74) is 4.95. The normalized spacial score (nSPS) is 23.1. The number of carbonyl (C=O) groups is 2. The predicted octanol–water partition coefficient (Wildman–Crippen LogP) is 5.54. The molecule has 0 spiro atoms. The van der Waals surface area contributed by atoms with E-state index in [-0.39, 0.29) is 34.2 Å². The van der Waals surface area contributed by atoms with Crippen molar-refractivity contribution in [2.24, 2.45) is 11.8 Å². The van der Waals surface area contributed by atoms with Crippen molar-refractivity contribution >= 4 is 44.8 Å². The average Bonchev–Trinajstić information content (AvgIpc) is 3.20. The van der Waals surface area contributed by atoms with Crippen molar-refractivity contribution in [1.82, 2.24) is 0 Å². The maximum Gasteiger partial charge on any atom is 0.261 e. The third kappa shape index (κ3) is 3.28. The largest absolute Gasteiger partial charge is 0.280 e. The molecule has 1 heterocycles. The minimum atomic E-state index is -3.98. The maximum atomic E-state index is 14.0. The third-order valence-corrected chi connectivity index (χ3v) is 9.56. The molecule has 4 aromatic carbocycles. The molecule has 2 atom stereocenters. The van der Waals surface area contributed by atoms with Gasteiger partial charge in [0, 0.05) is 22.5 Å². The molecule has 1 N–H and O–H groups in total. The van der Waals surface area contributed by atoms with Gasteiger partial charge in [-0.2, -0.15) is 0 Å². The van der Waals surface area contributed by atoms with Crippen LogP contribution in [0.4, 0.5) is 11.4 Å². The first-order valence-electron chi connectivity index (χ1n) is 12.3. The number of sulfonamides is 1. The van der Waals surface area contributed by atoms with E-state index < -0.39 is 21.9 Å². The van der Waals surface area contributed by atoms with E-state index in [2.05, 4.69) is 29.0 Å². The number of halogens is 1. The standard InChI is InChI=1S/C30H21ClN2O4S/c31-17-12-14-18(15-13-17)32-38(36,37)20-7-5-6-19(16-20)33-29(34)27-25-21-8-1-2-9-22(21)26(28(27)30(33)35)24-11-4-3-10-23(24)25/h1-16,25-28,32H/t25?,26?,27-,28+. The van der Waals surface area contributed by atoms with E-state index in [4.69, 9.17) is 11.6 Å². The van der Waals surface area contributed by atoms with Gasteiger partial charge >= 0.3 is 0 Å². The van der Waals surface area contributed by atoms with Gasteiger partial charge in [0.25, 0.3) is 10.0 Å². The monoisotopic (exact) mass is 540 g/mol. The topological polar surface area (TPSA) is 83.6 Å². The van der Waals surface area contributed by atoms with Gasteiger partial charge in [-0.25, -0.2) is 13.3 Å². The van der Waals surface area contributed by atoms with Crippen LogP contribution in [-0.2, 0) is 19.6 Å². The van der Waals surface area contributed by atoms with Crippen molar-refractivity contribution in [3.63, 3.8) is 0 Å². The van der Waals surface area contributed by atoms with E-state index in [9.17, 15) is 18.0 Å². The van der Waals surface area contributed by atoms with Crippen molar-refractivity contribution in [3.8, 4) is 0 Å². The summed E-state index contributed by atoms with van der Waals surface area (Å²) in [4.78, 5) is 29.1. The fraction of sp³-hybridized carbons (Fsp3) is 0.133. The molecular formula is C30H21ClN2O4S. The van der Waals surface area contributed by atoms with Crippen molar-refractivity contribution in [2.45, 2.75) is 16.7 Å². The Balaban J connectivity index is 1.28. The Morgan fingerprint density at radius 3 is 1.66 bits per heavy atom. The maximum absolute atomic E-state index is 14.0. The molecule has 6 nitrogen and oxygen atoms in total. The van der Waals surface area contributed by atoms with Crippen molar-refractivity contribution in [1.29, 1.82) is 0 Å². The molecule has 0 unspecified atom stereocenters. The lowest BCUT2D eigenvalue weighted by Gasteiger charge is -2.45. The Hall–Kier alpha value is -3.94. The second-order valence-corrected chi connectivity index (χ2v) is 12.0. The zero-order chi connectivity index (χ0) is 26.2. The van der Waals surface area contributed by atoms with Gasteiger partial charge in [0.05, 0.1) is 22.4 Å². The fourth-order valence-electron chi connectivity index (χ4n) is 6.45. The summed E-state index contributed by atoms with van der Waals surface area (Å²) in [6.45, 7) is 0. The van der Waals surface area contributed by atoms with Gasteiger partial charge in [-0.15, -0.1) is 0 Å². The van der Waals surface area contributed by atoms with Gasteiger partial charge in [0.15, 0.2) is 0 Å². The van der Waals surface area contributed by atoms with Crippen LogP contribution in [0.3, 0.4) is 0 Å². The summed E-state index contributed by atoms with van der Waals surface area (Å²) >= 11 is 5.91. The van der Waals surface area contributed by atoms with E-state index in [1.165, 1.54) is 17.0 Å². The molecule has 2 amide bonds. The van der Waals surface area contributed by atoms with Crippen LogP contribution in [0.1, 0.15) is 34.1 Å². The van der Waals surface area contributed by atoms with Crippen LogP contribution in [0.5, 0.6) is 0 Å². The fourth-order valence-corrected chi connectivity index (χ4v) is 7.68. The number of carbonyl (C=O) groups excluding carboxylic acids is 2. The lowest BCUT2D eigenvalue weighted by atomic mass is 9.55. The van der Waals surface area contributed by atoms with Crippen molar-refractivity contribution < 1.29 is 18.0 Å². The highest BCUT2D eigenvalue weighted by Gasteiger charge is 2.61. The molecule has 4 aliphatic rings. The summed E-state index contributed by atoms with van der Waals surface area (Å²) < 4.78 is 28.8. The number of hydrogen-bond acceptors (Lipinski definition) is 4. The van der Waals surface area contributed by atoms with E-state index in [1.807, 2.05) is 24.3 Å². The first kappa shape index (κ1) is 23.2. The van der Waals surface area contributed by atoms with Gasteiger partial charge in [-0.05, 0) is 64.7 Å². The molecule has 0 radical (unpaired) electrons. The molecule has 8 heteroatoms. The smallest absolute Gasteiger partial charge is 0.261 e. The highest BCUT2D eigenvalue weighted by atomic mass is 35.5. The molecule has 1 saturated heterocycles. The number of hydrogen-bond donors (Lipinski definition) is 1. The Kier molecular flexibility index (Phi) is 5.05. The van der Waals surface area contributed by atoms with Gasteiger partial charge in [-0.1, -0.05) is 66.2 Å². The molecule has 0 saturated carbocycles. The van der Waals surface area contributed by atoms with Crippen molar-refractivity contribution in [3.05, 3.63) is 124 Å². The van der Waals surface area contributed by atoms with E-state index in [0.717, 1.165) is 22.3 Å². The van der Waals surface area contributed by atoms with Crippen LogP contribution < -0.4 is 9.62 Å². The second-order valence-electron chi connectivity index (χ2n) is 9.89. The summed E-state index contributed by atoms with van der Waals surface area (Å²) in [6.07, 6.45) is 0. The summed E-state index contributed by atoms with van der Waals surface area (Å²) in [7, 11) is -3.98. The van der Waals surface area contributed by atoms with Crippen LogP contribution in [0.25, 0.3) is 0 Å². The number of imide groups is 1. The molecule has 188 valence electrons. The zero-order valence-corrected chi connectivity index (χ0v) is 21.5. The molecule has 8 rings (SSSR count). The molecule has 2 bridgehead atoms. The van der Waals surface area contributed by atoms with Gasteiger partial charge in [0.2, 0.25) is 11.8 Å². The summed E-state index contributed by atoms with van der Waals surface area (Å²) in [5, 5.41) is 0.487. The first-order valence-corrected chi connectivity index (χ1v) is 14.2. The van der Waals surface area contributed by atoms with Crippen molar-refractivity contribution in [2.75, 3.05) is 9.62 Å². The van der Waals surface area contributed by atoms with Gasteiger partial charge in [-0.3, -0.25) is 14.3 Å². The predicted molar refractivity (Wildman–Crippen MR) is 145 cm³/mol. The molecule has 3 aliphatic carbocycles. The van der Waals surface area contributed by atoms with Crippen LogP contribution >= 0.6 is 11.6 Å². The lowest BCUT2D eigenvalue weighted by molar-refractivity contribution is -0.122. The quantitative estimate of drug-likeness (QED) is 0.345. The van der Waals surface area contributed by atoms with Gasteiger partial charge in [0.1, 0.15) is 0 Å². The molecule has 38 heavy (non-hydrogen) atoms. The highest BCUT2D eigenvalue weighted by molar-refractivity contribution is 7.92. The Bertz CT molecular complexity index is 1640. The van der Waals surface area contributed by atoms with Crippen LogP contribution in [-0.4, -0.2) is 20.2 Å². The number of nitrogens with one attached hydrogen (secondary N) is 1. The Morgan fingerprint density at radius 2 is 1.16 bits per heavy atom. The number of nitrogens with zero attached hydrogens (tertiary/aromatic N) is 1. The lowest BCUT2D eigenvalue weighted by Crippen LogP contribution is -2.41. The number of anilines is 2. The number of rotatable bonds is 4. The van der Waals surface area contributed by atoms with E-state index in [1.54, 1.807) is 36.4 Å². The van der Waals surface area contributed by atoms with Crippen LogP contribution in [0.15, 0.2) is 102 Å². The van der Waals surface area contributed by atoms with Gasteiger partial charge < -0.3 is 0 Å². The third-order valence-electron chi connectivity index (χ3n) is 7.93. The Labute approximate surface area is 224 Å². The SMILES string of the molecule is O=C1[C@@H]2C3c4ccccc4C(c4ccccc43)[C@@H]2C(=O)N1c1cccc(S(=O)(=O)Nc2ccc(Cl)cc2)c1. The minimum Gasteiger partial charge on any atom is -0.280 e. The summed E-state index contributed by atoms with van der Waals surface area (Å²) in [6, 6.07) is 28.4. The average molecular weight is 541 g/mol. The second kappa shape index (κ2) is 8.28. The number of benzene rings is 4. The minimum absolute atomic E-state index is 0.0463. The number of amides is 2. The zero-order valence-electron chi connectivity index (χ0n) is 19.9. The Morgan fingerprint density at radius 1 is 0.658 bits per heavy atom. The molecule has 4 aromatic rings. The molecule has 0 aromatic heterocycles. The van der Waals surface area contributed by atoms with Crippen LogP contribution in [0, 0.1) is 11.8 Å². The molecule has 1 aliphatic heterocycles. The summed E-state index contributed by atoms with van der Waals surface area (Å²) in [5.74, 6) is -2.11. The molecule has 1 fully saturated rings. The molecular weight excluding hydrogens is 520 g/mol.